The van der Waals surface area contributed by atoms with Crippen LogP contribution in [-0.4, -0.2) is 13.2 Å². The van der Waals surface area contributed by atoms with E-state index in [9.17, 15) is 0 Å². The Morgan fingerprint density at radius 2 is 1.10 bits per heavy atom. The van der Waals surface area contributed by atoms with E-state index in [-0.39, 0.29) is 0 Å². The average Bonchev–Trinajstić information content (AvgIpc) is 2.51. The highest BCUT2D eigenvalue weighted by molar-refractivity contribution is 5.34. The molecule has 2 aromatic carbocycles. The minimum Gasteiger partial charge on any atom is -0.494 e. The molecule has 0 N–H and O–H groups in total. The summed E-state index contributed by atoms with van der Waals surface area (Å²) < 4.78 is 17.0. The lowest BCUT2D eigenvalue weighted by molar-refractivity contribution is 0.102. The fourth-order valence-corrected chi connectivity index (χ4v) is 2.11. The Kier molecular flexibility index (Phi) is 6.10. The summed E-state index contributed by atoms with van der Waals surface area (Å²) >= 11 is 0. The highest BCUT2D eigenvalue weighted by Crippen LogP contribution is 2.22. The van der Waals surface area contributed by atoms with Crippen molar-refractivity contribution in [1.29, 1.82) is 0 Å². The van der Waals surface area contributed by atoms with Gasteiger partial charge in [-0.2, -0.15) is 0 Å². The minimum atomic E-state index is 0.524. The zero-order valence-corrected chi connectivity index (χ0v) is 12.7. The lowest BCUT2D eigenvalue weighted by Crippen LogP contribution is -2.01. The van der Waals surface area contributed by atoms with Gasteiger partial charge in [-0.1, -0.05) is 36.4 Å². The molecule has 0 bridgehead atoms. The topological polar surface area (TPSA) is 27.7 Å². The molecule has 0 radical (unpaired) electrons. The molecule has 0 aliphatic carbocycles. The van der Waals surface area contributed by atoms with E-state index in [2.05, 4.69) is 0 Å². The first-order valence-corrected chi connectivity index (χ1v) is 7.34. The van der Waals surface area contributed by atoms with Crippen molar-refractivity contribution < 1.29 is 14.2 Å². The van der Waals surface area contributed by atoms with Crippen molar-refractivity contribution in [2.75, 3.05) is 13.2 Å². The fourth-order valence-electron chi connectivity index (χ4n) is 2.11. The molecule has 0 atom stereocenters. The van der Waals surface area contributed by atoms with Crippen molar-refractivity contribution in [3.8, 4) is 11.5 Å². The molecule has 0 heterocycles. The van der Waals surface area contributed by atoms with E-state index in [4.69, 9.17) is 14.2 Å². The Labute approximate surface area is 126 Å². The second-order valence-electron chi connectivity index (χ2n) is 4.57. The van der Waals surface area contributed by atoms with Gasteiger partial charge < -0.3 is 14.2 Å². The molecule has 0 saturated carbocycles. The van der Waals surface area contributed by atoms with Gasteiger partial charge >= 0.3 is 0 Å². The van der Waals surface area contributed by atoms with Crippen molar-refractivity contribution in [3.05, 3.63) is 59.7 Å². The molecule has 2 rings (SSSR count). The fraction of sp³-hybridized carbons (Fsp3) is 0.333. The molecule has 0 amide bonds. The third-order valence-corrected chi connectivity index (χ3v) is 3.06. The summed E-state index contributed by atoms with van der Waals surface area (Å²) in [7, 11) is 0. The van der Waals surface area contributed by atoms with Gasteiger partial charge in [0, 0.05) is 11.1 Å². The highest BCUT2D eigenvalue weighted by atomic mass is 16.5. The highest BCUT2D eigenvalue weighted by Gasteiger charge is 2.05. The summed E-state index contributed by atoms with van der Waals surface area (Å²) in [6.45, 7) is 6.33. The monoisotopic (exact) mass is 286 g/mol. The van der Waals surface area contributed by atoms with E-state index in [0.717, 1.165) is 22.6 Å². The molecule has 3 heteroatoms. The Balaban J connectivity index is 1.95. The van der Waals surface area contributed by atoms with E-state index >= 15 is 0 Å². The SMILES string of the molecule is CCOc1ccccc1COCc1ccccc1OCC. The molecule has 0 unspecified atom stereocenters. The van der Waals surface area contributed by atoms with Gasteiger partial charge in [0.1, 0.15) is 11.5 Å². The maximum Gasteiger partial charge on any atom is 0.124 e. The summed E-state index contributed by atoms with van der Waals surface area (Å²) in [5.41, 5.74) is 2.13. The Bertz CT molecular complexity index is 502. The zero-order chi connectivity index (χ0) is 14.9. The van der Waals surface area contributed by atoms with Crippen molar-refractivity contribution in [3.63, 3.8) is 0 Å². The molecule has 0 aliphatic heterocycles. The Morgan fingerprint density at radius 3 is 1.52 bits per heavy atom. The predicted octanol–water partition coefficient (Wildman–Crippen LogP) is 4.20. The molecular weight excluding hydrogens is 264 g/mol. The molecule has 2 aromatic rings. The molecule has 0 aliphatic rings. The van der Waals surface area contributed by atoms with Gasteiger partial charge in [-0.25, -0.2) is 0 Å². The quantitative estimate of drug-likeness (QED) is 0.728. The summed E-state index contributed by atoms with van der Waals surface area (Å²) in [6, 6.07) is 15.9. The van der Waals surface area contributed by atoms with E-state index in [0.29, 0.717) is 26.4 Å². The van der Waals surface area contributed by atoms with Gasteiger partial charge in [0.2, 0.25) is 0 Å². The summed E-state index contributed by atoms with van der Waals surface area (Å²) in [4.78, 5) is 0. The Hall–Kier alpha value is -2.00. The molecule has 21 heavy (non-hydrogen) atoms. The molecule has 112 valence electrons. The Morgan fingerprint density at radius 1 is 0.667 bits per heavy atom. The zero-order valence-electron chi connectivity index (χ0n) is 12.7. The largest absolute Gasteiger partial charge is 0.494 e. The second kappa shape index (κ2) is 8.32. The van der Waals surface area contributed by atoms with E-state index in [1.54, 1.807) is 0 Å². The van der Waals surface area contributed by atoms with Gasteiger partial charge in [0.25, 0.3) is 0 Å². The molecule has 0 saturated heterocycles. The van der Waals surface area contributed by atoms with Crippen LogP contribution in [0.15, 0.2) is 48.5 Å². The lowest BCUT2D eigenvalue weighted by atomic mass is 10.2. The van der Waals surface area contributed by atoms with E-state index < -0.39 is 0 Å². The second-order valence-corrected chi connectivity index (χ2v) is 4.57. The normalized spacial score (nSPS) is 10.4. The van der Waals surface area contributed by atoms with Gasteiger partial charge in [0.05, 0.1) is 26.4 Å². The molecule has 0 aromatic heterocycles. The van der Waals surface area contributed by atoms with E-state index in [1.165, 1.54) is 0 Å². The van der Waals surface area contributed by atoms with Crippen LogP contribution >= 0.6 is 0 Å². The third kappa shape index (κ3) is 4.50. The van der Waals surface area contributed by atoms with Crippen LogP contribution in [0.1, 0.15) is 25.0 Å². The number of para-hydroxylation sites is 2. The molecule has 0 fully saturated rings. The summed E-state index contributed by atoms with van der Waals surface area (Å²) in [6.07, 6.45) is 0. The van der Waals surface area contributed by atoms with E-state index in [1.807, 2.05) is 62.4 Å². The van der Waals surface area contributed by atoms with Crippen molar-refractivity contribution in [1.82, 2.24) is 0 Å². The minimum absolute atomic E-state index is 0.524. The number of hydrogen-bond acceptors (Lipinski definition) is 3. The number of rotatable bonds is 8. The van der Waals surface area contributed by atoms with Crippen LogP contribution in [0.4, 0.5) is 0 Å². The lowest BCUT2D eigenvalue weighted by Gasteiger charge is -2.12. The van der Waals surface area contributed by atoms with Crippen molar-refractivity contribution >= 4 is 0 Å². The van der Waals surface area contributed by atoms with Gasteiger partial charge in [-0.05, 0) is 26.0 Å². The number of hydrogen-bond donors (Lipinski definition) is 0. The molecule has 3 nitrogen and oxygen atoms in total. The first-order valence-electron chi connectivity index (χ1n) is 7.34. The number of benzene rings is 2. The van der Waals surface area contributed by atoms with Crippen LogP contribution in [0, 0.1) is 0 Å². The average molecular weight is 286 g/mol. The van der Waals surface area contributed by atoms with Crippen LogP contribution in [0.25, 0.3) is 0 Å². The predicted molar refractivity (Wildman–Crippen MR) is 83.7 cm³/mol. The third-order valence-electron chi connectivity index (χ3n) is 3.06. The maximum absolute atomic E-state index is 5.82. The first kappa shape index (κ1) is 15.4. The summed E-state index contributed by atoms with van der Waals surface area (Å²) in [5.74, 6) is 1.77. The molecule has 0 spiro atoms. The van der Waals surface area contributed by atoms with Crippen molar-refractivity contribution in [2.24, 2.45) is 0 Å². The standard InChI is InChI=1S/C18H22O3/c1-3-20-17-11-7-5-9-15(17)13-19-14-16-10-6-8-12-18(16)21-4-2/h5-12H,3-4,13-14H2,1-2H3. The van der Waals surface area contributed by atoms with Crippen LogP contribution in [-0.2, 0) is 18.0 Å². The smallest absolute Gasteiger partial charge is 0.124 e. The first-order chi connectivity index (χ1) is 10.3. The van der Waals surface area contributed by atoms with Crippen LogP contribution in [0.3, 0.4) is 0 Å². The summed E-state index contributed by atoms with van der Waals surface area (Å²) in [5, 5.41) is 0. The van der Waals surface area contributed by atoms with Gasteiger partial charge in [0.15, 0.2) is 0 Å². The maximum atomic E-state index is 5.82. The van der Waals surface area contributed by atoms with Crippen LogP contribution in [0.2, 0.25) is 0 Å². The van der Waals surface area contributed by atoms with Crippen LogP contribution < -0.4 is 9.47 Å². The van der Waals surface area contributed by atoms with Gasteiger partial charge in [-0.3, -0.25) is 0 Å². The van der Waals surface area contributed by atoms with Crippen molar-refractivity contribution in [2.45, 2.75) is 27.1 Å². The molecular formula is C18H22O3. The number of ether oxygens (including phenoxy) is 3. The van der Waals surface area contributed by atoms with Gasteiger partial charge in [-0.15, -0.1) is 0 Å². The van der Waals surface area contributed by atoms with Crippen LogP contribution in [0.5, 0.6) is 11.5 Å².